The van der Waals surface area contributed by atoms with E-state index in [1.54, 1.807) is 24.2 Å². The monoisotopic (exact) mass is 549 g/mol. The van der Waals surface area contributed by atoms with Crippen LogP contribution in [0.4, 0.5) is 0 Å². The number of carbonyl (C=O) groups excluding carboxylic acids is 2. The van der Waals surface area contributed by atoms with Crippen LogP contribution >= 0.6 is 0 Å². The molecule has 0 aliphatic heterocycles. The predicted molar refractivity (Wildman–Crippen MR) is 164 cm³/mol. The van der Waals surface area contributed by atoms with E-state index in [1.807, 2.05) is 102 Å². The number of rotatable bonds is 14. The van der Waals surface area contributed by atoms with E-state index in [0.29, 0.717) is 26.2 Å². The summed E-state index contributed by atoms with van der Waals surface area (Å²) in [7, 11) is 1.67. The molecule has 3 aromatic carbocycles. The highest BCUT2D eigenvalue weighted by Crippen LogP contribution is 2.17. The van der Waals surface area contributed by atoms with Gasteiger partial charge in [-0.3, -0.25) is 9.59 Å². The Bertz CT molecular complexity index is 1410. The smallest absolute Gasteiger partial charge is 0.247 e. The van der Waals surface area contributed by atoms with E-state index < -0.39 is 0 Å². The topological polar surface area (TPSA) is 54.8 Å². The van der Waals surface area contributed by atoms with Crippen LogP contribution in [-0.2, 0) is 29.2 Å². The van der Waals surface area contributed by atoms with Crippen LogP contribution in [0.2, 0.25) is 0 Å². The number of benzene rings is 3. The number of hydrogen-bond acceptors (Lipinski definition) is 3. The molecule has 0 unspecified atom stereocenters. The lowest BCUT2D eigenvalue weighted by molar-refractivity contribution is -0.139. The molecule has 0 spiro atoms. The lowest BCUT2D eigenvalue weighted by Crippen LogP contribution is -2.42. The van der Waals surface area contributed by atoms with Crippen molar-refractivity contribution in [3.63, 3.8) is 0 Å². The highest BCUT2D eigenvalue weighted by atomic mass is 16.5. The molecule has 1 aromatic heterocycles. The number of methoxy groups -OCH3 is 1. The molecule has 0 aliphatic carbocycles. The molecule has 6 heteroatoms. The van der Waals surface area contributed by atoms with Crippen molar-refractivity contribution < 1.29 is 14.3 Å². The molecule has 1 heterocycles. The van der Waals surface area contributed by atoms with Gasteiger partial charge in [0.1, 0.15) is 12.3 Å². The third kappa shape index (κ3) is 8.97. The Morgan fingerprint density at radius 3 is 2.29 bits per heavy atom. The van der Waals surface area contributed by atoms with Crippen LogP contribution in [-0.4, -0.2) is 46.4 Å². The van der Waals surface area contributed by atoms with Gasteiger partial charge in [0, 0.05) is 37.6 Å². The average Bonchev–Trinajstić information content (AvgIpc) is 3.44. The zero-order valence-electron chi connectivity index (χ0n) is 24.0. The molecule has 6 nitrogen and oxygen atoms in total. The molecule has 0 radical (unpaired) electrons. The Balaban J connectivity index is 1.53. The molecule has 4 aromatic rings. The number of aromatic nitrogens is 1. The van der Waals surface area contributed by atoms with Crippen LogP contribution < -0.4 is 4.74 Å². The van der Waals surface area contributed by atoms with E-state index in [9.17, 15) is 9.59 Å². The summed E-state index contributed by atoms with van der Waals surface area (Å²) in [6.45, 7) is 4.20. The zero-order chi connectivity index (χ0) is 28.9. The fourth-order valence-corrected chi connectivity index (χ4v) is 4.66. The fourth-order valence-electron chi connectivity index (χ4n) is 4.66. The minimum Gasteiger partial charge on any atom is -0.497 e. The highest BCUT2D eigenvalue weighted by molar-refractivity contribution is 5.94. The van der Waals surface area contributed by atoms with E-state index in [1.165, 1.54) is 0 Å². The summed E-state index contributed by atoms with van der Waals surface area (Å²) in [6, 6.07) is 31.8. The number of amides is 2. The second kappa shape index (κ2) is 15.3. The first kappa shape index (κ1) is 29.4. The first-order valence-corrected chi connectivity index (χ1v) is 14.2. The molecule has 0 bridgehead atoms. The number of hydrogen-bond donors (Lipinski definition) is 0. The third-order valence-corrected chi connectivity index (χ3v) is 6.97. The standard InChI is InChI=1S/C35H39N3O3/c1-3-4-22-37(34(39)21-20-29-13-7-5-8-14-29)28-35(40)38(25-30-15-9-6-10-16-30)27-32-18-12-23-36(32)26-31-17-11-19-33(24-31)41-2/h5-21,23-24H,3-4,22,25-28H2,1-2H3/b21-20+. The second-order valence-electron chi connectivity index (χ2n) is 10.1. The van der Waals surface area contributed by atoms with Gasteiger partial charge in [-0.1, -0.05) is 86.1 Å². The molecule has 4 rings (SSSR count). The molecule has 0 aliphatic rings. The van der Waals surface area contributed by atoms with Crippen molar-refractivity contribution in [2.75, 3.05) is 20.2 Å². The Morgan fingerprint density at radius 1 is 0.829 bits per heavy atom. The normalized spacial score (nSPS) is 11.0. The van der Waals surface area contributed by atoms with Crippen molar-refractivity contribution >= 4 is 17.9 Å². The van der Waals surface area contributed by atoms with Crippen molar-refractivity contribution in [2.24, 2.45) is 0 Å². The minimum atomic E-state index is -0.156. The maximum atomic E-state index is 13.9. The van der Waals surface area contributed by atoms with Crippen LogP contribution in [0.25, 0.3) is 6.08 Å². The second-order valence-corrected chi connectivity index (χ2v) is 10.1. The third-order valence-electron chi connectivity index (χ3n) is 6.97. The van der Waals surface area contributed by atoms with Crippen molar-refractivity contribution in [1.82, 2.24) is 14.4 Å². The summed E-state index contributed by atoms with van der Waals surface area (Å²) >= 11 is 0. The van der Waals surface area contributed by atoms with Gasteiger partial charge in [0.05, 0.1) is 13.7 Å². The fraction of sp³-hybridized carbons (Fsp3) is 0.257. The molecule has 0 fully saturated rings. The van der Waals surface area contributed by atoms with Crippen molar-refractivity contribution in [3.8, 4) is 5.75 Å². The summed E-state index contributed by atoms with van der Waals surface area (Å²) in [5.74, 6) is 0.576. The summed E-state index contributed by atoms with van der Waals surface area (Å²) in [4.78, 5) is 30.6. The van der Waals surface area contributed by atoms with Gasteiger partial charge in [-0.15, -0.1) is 0 Å². The molecule has 41 heavy (non-hydrogen) atoms. The largest absolute Gasteiger partial charge is 0.497 e. The molecule has 212 valence electrons. The lowest BCUT2D eigenvalue weighted by Gasteiger charge is -2.28. The van der Waals surface area contributed by atoms with E-state index in [4.69, 9.17) is 4.74 Å². The Kier molecular flexibility index (Phi) is 11.0. The van der Waals surface area contributed by atoms with Gasteiger partial charge in [-0.05, 0) is 53.5 Å². The van der Waals surface area contributed by atoms with Gasteiger partial charge in [0.15, 0.2) is 0 Å². The molecule has 0 N–H and O–H groups in total. The first-order valence-electron chi connectivity index (χ1n) is 14.2. The van der Waals surface area contributed by atoms with Gasteiger partial charge in [0.2, 0.25) is 11.8 Å². The van der Waals surface area contributed by atoms with Crippen LogP contribution in [0.15, 0.2) is 109 Å². The number of nitrogens with zero attached hydrogens (tertiary/aromatic N) is 3. The number of carbonyl (C=O) groups is 2. The van der Waals surface area contributed by atoms with Crippen molar-refractivity contribution in [3.05, 3.63) is 132 Å². The van der Waals surface area contributed by atoms with E-state index in [-0.39, 0.29) is 18.4 Å². The van der Waals surface area contributed by atoms with Crippen LogP contribution in [0.3, 0.4) is 0 Å². The molecular formula is C35H39N3O3. The van der Waals surface area contributed by atoms with E-state index >= 15 is 0 Å². The van der Waals surface area contributed by atoms with Gasteiger partial charge in [0.25, 0.3) is 0 Å². The maximum absolute atomic E-state index is 13.9. The summed E-state index contributed by atoms with van der Waals surface area (Å²) < 4.78 is 7.55. The molecule has 0 saturated carbocycles. The van der Waals surface area contributed by atoms with Crippen LogP contribution in [0.5, 0.6) is 5.75 Å². The van der Waals surface area contributed by atoms with Crippen molar-refractivity contribution in [2.45, 2.75) is 39.4 Å². The first-order chi connectivity index (χ1) is 20.1. The molecule has 0 atom stereocenters. The number of unbranched alkanes of at least 4 members (excludes halogenated alkanes) is 1. The number of ether oxygens (including phenoxy) is 1. The average molecular weight is 550 g/mol. The Morgan fingerprint density at radius 2 is 1.56 bits per heavy atom. The van der Waals surface area contributed by atoms with Crippen molar-refractivity contribution in [1.29, 1.82) is 0 Å². The summed E-state index contributed by atoms with van der Waals surface area (Å²) in [6.07, 6.45) is 7.18. The predicted octanol–water partition coefficient (Wildman–Crippen LogP) is 6.42. The Labute approximate surface area is 243 Å². The summed E-state index contributed by atoms with van der Waals surface area (Å²) in [5.41, 5.74) is 4.13. The summed E-state index contributed by atoms with van der Waals surface area (Å²) in [5, 5.41) is 0. The van der Waals surface area contributed by atoms with Gasteiger partial charge in [-0.2, -0.15) is 0 Å². The zero-order valence-corrected chi connectivity index (χ0v) is 24.0. The molecule has 2 amide bonds. The van der Waals surface area contributed by atoms with E-state index in [0.717, 1.165) is 41.0 Å². The Hall–Kier alpha value is -4.58. The van der Waals surface area contributed by atoms with Crippen LogP contribution in [0.1, 0.15) is 42.1 Å². The SMILES string of the molecule is CCCCN(CC(=O)N(Cc1ccccc1)Cc1cccn1Cc1cccc(OC)c1)C(=O)/C=C/c1ccccc1. The van der Waals surface area contributed by atoms with Gasteiger partial charge < -0.3 is 19.1 Å². The molecular weight excluding hydrogens is 510 g/mol. The maximum Gasteiger partial charge on any atom is 0.247 e. The van der Waals surface area contributed by atoms with Gasteiger partial charge >= 0.3 is 0 Å². The quantitative estimate of drug-likeness (QED) is 0.171. The van der Waals surface area contributed by atoms with E-state index in [2.05, 4.69) is 17.6 Å². The highest BCUT2D eigenvalue weighted by Gasteiger charge is 2.21. The minimum absolute atomic E-state index is 0.0292. The lowest BCUT2D eigenvalue weighted by atomic mass is 10.2. The molecule has 0 saturated heterocycles. The van der Waals surface area contributed by atoms with Gasteiger partial charge in [-0.25, -0.2) is 0 Å². The van der Waals surface area contributed by atoms with Crippen LogP contribution in [0, 0.1) is 0 Å².